The maximum absolute atomic E-state index is 13.2. The van der Waals surface area contributed by atoms with Gasteiger partial charge in [0.25, 0.3) is 6.43 Å². The fraction of sp³-hybridized carbons (Fsp3) is 0.263. The number of fused-ring (bicyclic) bond motifs is 1. The van der Waals surface area contributed by atoms with Gasteiger partial charge in [0.2, 0.25) is 5.88 Å². The summed E-state index contributed by atoms with van der Waals surface area (Å²) in [6.45, 7) is 0. The molecule has 0 N–H and O–H groups in total. The van der Waals surface area contributed by atoms with Crippen molar-refractivity contribution in [2.45, 2.75) is 11.0 Å². The Morgan fingerprint density at radius 3 is 2.56 bits per heavy atom. The first-order chi connectivity index (χ1) is 13.2. The molecule has 140 valence electrons. The highest BCUT2D eigenvalue weighted by Gasteiger charge is 2.21. The van der Waals surface area contributed by atoms with E-state index in [0.717, 1.165) is 17.1 Å². The van der Waals surface area contributed by atoms with E-state index in [1.807, 2.05) is 35.7 Å². The predicted molar refractivity (Wildman–Crippen MR) is 105 cm³/mol. The van der Waals surface area contributed by atoms with Gasteiger partial charge in [0.1, 0.15) is 0 Å². The van der Waals surface area contributed by atoms with Gasteiger partial charge in [0.15, 0.2) is 17.3 Å². The fourth-order valence-corrected chi connectivity index (χ4v) is 5.65. The zero-order chi connectivity index (χ0) is 18.8. The van der Waals surface area contributed by atoms with E-state index in [4.69, 9.17) is 9.47 Å². The molecule has 0 bridgehead atoms. The molecule has 0 atom stereocenters. The second kappa shape index (κ2) is 7.90. The van der Waals surface area contributed by atoms with Crippen LogP contribution in [-0.2, 0) is 0 Å². The van der Waals surface area contributed by atoms with Crippen molar-refractivity contribution >= 4 is 34.4 Å². The van der Waals surface area contributed by atoms with Crippen LogP contribution in [0.1, 0.15) is 22.4 Å². The molecule has 0 saturated carbocycles. The molecule has 0 spiro atoms. The summed E-state index contributed by atoms with van der Waals surface area (Å²) < 4.78 is 38.1. The number of benzene rings is 2. The number of alkyl halides is 2. The lowest BCUT2D eigenvalue weighted by Crippen LogP contribution is -2.00. The summed E-state index contributed by atoms with van der Waals surface area (Å²) in [5.74, 6) is 2.75. The monoisotopic (exact) mass is 406 g/mol. The molecule has 4 nitrogen and oxygen atoms in total. The third kappa shape index (κ3) is 3.82. The van der Waals surface area contributed by atoms with Gasteiger partial charge in [-0.3, -0.25) is 0 Å². The van der Waals surface area contributed by atoms with E-state index in [9.17, 15) is 8.78 Å². The van der Waals surface area contributed by atoms with E-state index < -0.39 is 12.2 Å². The van der Waals surface area contributed by atoms with Gasteiger partial charge in [-0.25, -0.2) is 13.8 Å². The molecule has 0 aliphatic carbocycles. The van der Waals surface area contributed by atoms with Crippen molar-refractivity contribution in [3.05, 3.63) is 53.9 Å². The summed E-state index contributed by atoms with van der Waals surface area (Å²) in [7, 11) is 1.56. The summed E-state index contributed by atoms with van der Waals surface area (Å²) in [5, 5.41) is 0.565. The first-order valence-electron chi connectivity index (χ1n) is 8.29. The summed E-state index contributed by atoms with van der Waals surface area (Å²) in [6.07, 6.45) is -2.78. The molecule has 0 unspecified atom stereocenters. The molecule has 3 aromatic rings. The van der Waals surface area contributed by atoms with Gasteiger partial charge in [0.05, 0.1) is 22.6 Å². The van der Waals surface area contributed by atoms with Crippen LogP contribution in [0.3, 0.4) is 0 Å². The molecule has 0 radical (unpaired) electrons. The van der Waals surface area contributed by atoms with Gasteiger partial charge in [-0.05, 0) is 29.8 Å². The SMILES string of the molecule is COc1cc(C2SCCS2)ccc1Oc1nc(C(F)F)nc2ccccc12. The van der Waals surface area contributed by atoms with Gasteiger partial charge in [-0.15, -0.1) is 23.5 Å². The van der Waals surface area contributed by atoms with Gasteiger partial charge in [0, 0.05) is 11.5 Å². The number of ether oxygens (including phenoxy) is 2. The third-order valence-corrected chi connectivity index (χ3v) is 7.17. The topological polar surface area (TPSA) is 44.2 Å². The van der Waals surface area contributed by atoms with Crippen molar-refractivity contribution in [1.29, 1.82) is 0 Å². The molecular formula is C19H16F2N2O2S2. The first-order valence-corrected chi connectivity index (χ1v) is 10.4. The van der Waals surface area contributed by atoms with Crippen LogP contribution in [-0.4, -0.2) is 28.6 Å². The highest BCUT2D eigenvalue weighted by molar-refractivity contribution is 8.19. The summed E-state index contributed by atoms with van der Waals surface area (Å²) in [5.41, 5.74) is 1.56. The predicted octanol–water partition coefficient (Wildman–Crippen LogP) is 5.85. The van der Waals surface area contributed by atoms with Crippen LogP contribution < -0.4 is 9.47 Å². The number of nitrogens with zero attached hydrogens (tertiary/aromatic N) is 2. The Balaban J connectivity index is 1.73. The van der Waals surface area contributed by atoms with Crippen LogP contribution in [0.4, 0.5) is 8.78 Å². The largest absolute Gasteiger partial charge is 0.493 e. The smallest absolute Gasteiger partial charge is 0.297 e. The van der Waals surface area contributed by atoms with E-state index >= 15 is 0 Å². The lowest BCUT2D eigenvalue weighted by molar-refractivity contribution is 0.140. The van der Waals surface area contributed by atoms with Gasteiger partial charge >= 0.3 is 0 Å². The van der Waals surface area contributed by atoms with Crippen molar-refractivity contribution in [3.8, 4) is 17.4 Å². The minimum absolute atomic E-state index is 0.0894. The normalized spacial score (nSPS) is 14.8. The molecule has 1 aliphatic heterocycles. The highest BCUT2D eigenvalue weighted by Crippen LogP contribution is 2.47. The second-order valence-corrected chi connectivity index (χ2v) is 8.52. The van der Waals surface area contributed by atoms with Crippen molar-refractivity contribution < 1.29 is 18.3 Å². The number of para-hydroxylation sites is 1. The molecule has 1 fully saturated rings. The molecule has 2 aromatic carbocycles. The van der Waals surface area contributed by atoms with Crippen LogP contribution in [0.2, 0.25) is 0 Å². The summed E-state index contributed by atoms with van der Waals surface area (Å²) in [6, 6.07) is 12.6. The Morgan fingerprint density at radius 2 is 1.81 bits per heavy atom. The molecule has 4 rings (SSSR count). The third-order valence-electron chi connectivity index (χ3n) is 4.07. The maximum atomic E-state index is 13.2. The number of thioether (sulfide) groups is 2. The zero-order valence-electron chi connectivity index (χ0n) is 14.4. The van der Waals surface area contributed by atoms with Gasteiger partial charge < -0.3 is 9.47 Å². The molecule has 8 heteroatoms. The van der Waals surface area contributed by atoms with E-state index in [1.165, 1.54) is 0 Å². The number of methoxy groups -OCH3 is 1. The molecule has 1 aliphatic rings. The van der Waals surface area contributed by atoms with Crippen LogP contribution in [0.15, 0.2) is 42.5 Å². The average molecular weight is 406 g/mol. The van der Waals surface area contributed by atoms with Crippen molar-refractivity contribution in [3.63, 3.8) is 0 Å². The lowest BCUT2D eigenvalue weighted by atomic mass is 10.2. The molecule has 1 saturated heterocycles. The van der Waals surface area contributed by atoms with E-state index in [0.29, 0.717) is 27.0 Å². The van der Waals surface area contributed by atoms with E-state index in [1.54, 1.807) is 37.4 Å². The summed E-state index contributed by atoms with van der Waals surface area (Å²) in [4.78, 5) is 7.83. The number of hydrogen-bond acceptors (Lipinski definition) is 6. The minimum Gasteiger partial charge on any atom is -0.493 e. The number of rotatable bonds is 5. The Bertz CT molecular complexity index is 966. The zero-order valence-corrected chi connectivity index (χ0v) is 16.0. The van der Waals surface area contributed by atoms with Crippen LogP contribution in [0, 0.1) is 0 Å². The standard InChI is InChI=1S/C19H16F2N2O2S2/c1-24-15-10-11(19-26-8-9-27-19)6-7-14(15)25-18-12-4-2-3-5-13(12)22-17(23-18)16(20)21/h2-7,10,16,19H,8-9H2,1H3. The Morgan fingerprint density at radius 1 is 1.04 bits per heavy atom. The van der Waals surface area contributed by atoms with Crippen LogP contribution >= 0.6 is 23.5 Å². The minimum atomic E-state index is -2.78. The number of halogens is 2. The van der Waals surface area contributed by atoms with Crippen molar-refractivity contribution in [1.82, 2.24) is 9.97 Å². The molecular weight excluding hydrogens is 390 g/mol. The maximum Gasteiger partial charge on any atom is 0.297 e. The van der Waals surface area contributed by atoms with E-state index in [-0.39, 0.29) is 5.88 Å². The second-order valence-electron chi connectivity index (χ2n) is 5.79. The number of aromatic nitrogens is 2. The number of hydrogen-bond donors (Lipinski definition) is 0. The Kier molecular flexibility index (Phi) is 5.36. The van der Waals surface area contributed by atoms with Crippen molar-refractivity contribution in [2.24, 2.45) is 0 Å². The van der Waals surface area contributed by atoms with Crippen LogP contribution in [0.25, 0.3) is 10.9 Å². The highest BCUT2D eigenvalue weighted by atomic mass is 32.2. The van der Waals surface area contributed by atoms with Crippen molar-refractivity contribution in [2.75, 3.05) is 18.6 Å². The first kappa shape index (κ1) is 18.3. The Hall–Kier alpha value is -2.06. The fourth-order valence-electron chi connectivity index (χ4n) is 2.81. The van der Waals surface area contributed by atoms with Gasteiger partial charge in [-0.1, -0.05) is 18.2 Å². The molecule has 27 heavy (non-hydrogen) atoms. The van der Waals surface area contributed by atoms with Crippen LogP contribution in [0.5, 0.6) is 17.4 Å². The average Bonchev–Trinajstić information content (AvgIpc) is 3.23. The van der Waals surface area contributed by atoms with E-state index in [2.05, 4.69) is 9.97 Å². The quantitative estimate of drug-likeness (QED) is 0.530. The molecule has 1 aromatic heterocycles. The van der Waals surface area contributed by atoms with Gasteiger partial charge in [-0.2, -0.15) is 4.98 Å². The Labute approximate surface area is 163 Å². The molecule has 2 heterocycles. The molecule has 0 amide bonds. The lowest BCUT2D eigenvalue weighted by Gasteiger charge is -2.15. The summed E-state index contributed by atoms with van der Waals surface area (Å²) >= 11 is 3.79.